The molecule has 0 amide bonds. The van der Waals surface area contributed by atoms with Crippen LogP contribution in [-0.2, 0) is 11.2 Å². The molecule has 4 nitrogen and oxygen atoms in total. The molecule has 1 atom stereocenters. The van der Waals surface area contributed by atoms with Gasteiger partial charge in [0.05, 0.1) is 17.3 Å². The second-order valence-corrected chi connectivity index (χ2v) is 9.19. The number of aromatic hydroxyl groups is 1. The van der Waals surface area contributed by atoms with Gasteiger partial charge >= 0.3 is 5.63 Å². The molecule has 1 aliphatic rings. The predicted molar refractivity (Wildman–Crippen MR) is 123 cm³/mol. The highest BCUT2D eigenvalue weighted by molar-refractivity contribution is 5.31. The Bertz CT molecular complexity index is 868. The first-order valence-electron chi connectivity index (χ1n) is 11.1. The van der Waals surface area contributed by atoms with E-state index in [-0.39, 0.29) is 11.4 Å². The van der Waals surface area contributed by atoms with Crippen molar-refractivity contribution in [3.63, 3.8) is 0 Å². The van der Waals surface area contributed by atoms with Gasteiger partial charge in [0.25, 0.3) is 0 Å². The first kappa shape index (κ1) is 24.2. The maximum atomic E-state index is 11.9. The van der Waals surface area contributed by atoms with E-state index >= 15 is 0 Å². The van der Waals surface area contributed by atoms with Crippen LogP contribution in [0.5, 0.6) is 5.75 Å². The summed E-state index contributed by atoms with van der Waals surface area (Å²) in [5, 5.41) is 9.93. The van der Waals surface area contributed by atoms with Gasteiger partial charge in [-0.25, -0.2) is 4.79 Å². The van der Waals surface area contributed by atoms with E-state index in [1.165, 1.54) is 22.8 Å². The van der Waals surface area contributed by atoms with Crippen molar-refractivity contribution in [3.8, 4) is 5.75 Å². The fourth-order valence-corrected chi connectivity index (χ4v) is 3.58. The van der Waals surface area contributed by atoms with E-state index < -0.39 is 5.63 Å². The average Bonchev–Trinajstić information content (AvgIpc) is 3.25. The first-order valence-corrected chi connectivity index (χ1v) is 11.1. The quantitative estimate of drug-likeness (QED) is 0.329. The minimum Gasteiger partial charge on any atom is -0.507 e. The summed E-state index contributed by atoms with van der Waals surface area (Å²) < 4.78 is 10.7. The predicted octanol–water partition coefficient (Wildman–Crippen LogP) is 6.55. The number of aryl methyl sites for hydroxylation is 1. The van der Waals surface area contributed by atoms with Crippen molar-refractivity contribution < 1.29 is 14.3 Å². The lowest BCUT2D eigenvalue weighted by Crippen LogP contribution is -2.07. The lowest BCUT2D eigenvalue weighted by Gasteiger charge is -2.04. The summed E-state index contributed by atoms with van der Waals surface area (Å²) in [6.07, 6.45) is 13.8. The van der Waals surface area contributed by atoms with E-state index in [1.54, 1.807) is 6.92 Å². The molecular weight excluding hydrogens is 376 g/mol. The summed E-state index contributed by atoms with van der Waals surface area (Å²) in [5.41, 5.74) is 4.04. The second-order valence-electron chi connectivity index (χ2n) is 9.19. The van der Waals surface area contributed by atoms with Gasteiger partial charge in [-0.2, -0.15) is 0 Å². The molecule has 1 N–H and O–H groups in total. The molecule has 0 aliphatic carbocycles. The summed E-state index contributed by atoms with van der Waals surface area (Å²) in [6.45, 7) is 12.4. The van der Waals surface area contributed by atoms with E-state index in [0.717, 1.165) is 38.5 Å². The highest BCUT2D eigenvalue weighted by Crippen LogP contribution is 2.38. The van der Waals surface area contributed by atoms with Crippen molar-refractivity contribution in [1.82, 2.24) is 0 Å². The molecule has 30 heavy (non-hydrogen) atoms. The molecule has 0 aromatic carbocycles. The normalized spacial score (nSPS) is 19.3. The Morgan fingerprint density at radius 2 is 1.57 bits per heavy atom. The average molecular weight is 415 g/mol. The Labute approximate surface area is 181 Å². The number of ether oxygens (including phenoxy) is 1. The number of epoxide rings is 1. The van der Waals surface area contributed by atoms with Crippen LogP contribution < -0.4 is 5.63 Å². The van der Waals surface area contributed by atoms with Crippen molar-refractivity contribution in [2.75, 3.05) is 0 Å². The van der Waals surface area contributed by atoms with Gasteiger partial charge in [0.1, 0.15) is 11.5 Å². The van der Waals surface area contributed by atoms with Crippen LogP contribution >= 0.6 is 0 Å². The molecular formula is C26H38O4. The van der Waals surface area contributed by atoms with Crippen LogP contribution in [0.4, 0.5) is 0 Å². The molecule has 4 heteroatoms. The number of hydrogen-bond donors (Lipinski definition) is 1. The summed E-state index contributed by atoms with van der Waals surface area (Å²) in [4.78, 5) is 11.9. The third-order valence-corrected chi connectivity index (χ3v) is 5.83. The number of rotatable bonds is 11. The SMILES string of the molecule is C/C(=C\CC/C(C)=C/Cc1c(O)cc(C)oc1=O)CC/C=C(\C)CC[C@@H]1OC1(C)C. The monoisotopic (exact) mass is 414 g/mol. The van der Waals surface area contributed by atoms with Gasteiger partial charge in [0.2, 0.25) is 0 Å². The summed E-state index contributed by atoms with van der Waals surface area (Å²) in [7, 11) is 0. The van der Waals surface area contributed by atoms with E-state index in [1.807, 2.05) is 6.08 Å². The number of allylic oxidation sites excluding steroid dienone is 6. The molecule has 1 aromatic rings. The van der Waals surface area contributed by atoms with Gasteiger partial charge in [-0.1, -0.05) is 34.9 Å². The van der Waals surface area contributed by atoms with Crippen molar-refractivity contribution in [2.24, 2.45) is 0 Å². The summed E-state index contributed by atoms with van der Waals surface area (Å²) >= 11 is 0. The van der Waals surface area contributed by atoms with Crippen LogP contribution in [0.2, 0.25) is 0 Å². The first-order chi connectivity index (χ1) is 14.1. The van der Waals surface area contributed by atoms with Gasteiger partial charge in [-0.05, 0) is 80.1 Å². The smallest absolute Gasteiger partial charge is 0.343 e. The second kappa shape index (κ2) is 10.8. The molecule has 0 radical (unpaired) electrons. The molecule has 1 saturated heterocycles. The Kier molecular flexibility index (Phi) is 8.72. The maximum absolute atomic E-state index is 11.9. The highest BCUT2D eigenvalue weighted by atomic mass is 16.6. The van der Waals surface area contributed by atoms with Crippen LogP contribution in [0, 0.1) is 6.92 Å². The van der Waals surface area contributed by atoms with E-state index in [4.69, 9.17) is 9.15 Å². The lowest BCUT2D eigenvalue weighted by molar-refractivity contribution is 0.320. The Balaban J connectivity index is 1.69. The standard InChI is InChI=1S/C26H38O4/c1-18(10-8-12-20(3)14-16-24-26(5,6)30-24)9-7-11-19(2)13-15-22-23(27)17-21(4)29-25(22)28/h9,12-13,17,24,27H,7-8,10-11,14-16H2,1-6H3/b18-9+,19-13+,20-12+/t24-/m0/s1. The van der Waals surface area contributed by atoms with Crippen LogP contribution in [0.25, 0.3) is 0 Å². The van der Waals surface area contributed by atoms with Gasteiger partial charge < -0.3 is 14.3 Å². The zero-order valence-corrected chi connectivity index (χ0v) is 19.5. The van der Waals surface area contributed by atoms with Crippen LogP contribution in [0.15, 0.2) is 50.2 Å². The van der Waals surface area contributed by atoms with Crippen molar-refractivity contribution in [2.45, 2.75) is 98.2 Å². The molecule has 2 heterocycles. The minimum absolute atomic E-state index is 0.0141. The van der Waals surface area contributed by atoms with Crippen molar-refractivity contribution in [3.05, 3.63) is 62.8 Å². The fraction of sp³-hybridized carbons (Fsp3) is 0.577. The highest BCUT2D eigenvalue weighted by Gasteiger charge is 2.46. The lowest BCUT2D eigenvalue weighted by atomic mass is 10.0. The third-order valence-electron chi connectivity index (χ3n) is 5.83. The topological polar surface area (TPSA) is 63.0 Å². The van der Waals surface area contributed by atoms with Crippen molar-refractivity contribution in [1.29, 1.82) is 0 Å². The molecule has 0 spiro atoms. The molecule has 1 aromatic heterocycles. The Hall–Kier alpha value is -2.07. The van der Waals surface area contributed by atoms with E-state index in [9.17, 15) is 9.90 Å². The molecule has 1 fully saturated rings. The van der Waals surface area contributed by atoms with E-state index in [2.05, 4.69) is 46.8 Å². The zero-order valence-electron chi connectivity index (χ0n) is 19.5. The molecule has 2 rings (SSSR count). The summed E-state index contributed by atoms with van der Waals surface area (Å²) in [5.74, 6) is 0.439. The molecule has 0 bridgehead atoms. The van der Waals surface area contributed by atoms with Crippen LogP contribution in [-0.4, -0.2) is 16.8 Å². The molecule has 0 unspecified atom stereocenters. The van der Waals surface area contributed by atoms with E-state index in [0.29, 0.717) is 23.8 Å². The molecule has 0 saturated carbocycles. The molecule has 1 aliphatic heterocycles. The fourth-order valence-electron chi connectivity index (χ4n) is 3.58. The Morgan fingerprint density at radius 1 is 1.03 bits per heavy atom. The van der Waals surface area contributed by atoms with Crippen LogP contribution in [0.3, 0.4) is 0 Å². The van der Waals surface area contributed by atoms with Gasteiger partial charge in [-0.3, -0.25) is 0 Å². The molecule has 166 valence electrons. The third kappa shape index (κ3) is 7.98. The maximum Gasteiger partial charge on any atom is 0.343 e. The summed E-state index contributed by atoms with van der Waals surface area (Å²) in [6, 6.07) is 1.49. The Morgan fingerprint density at radius 3 is 2.10 bits per heavy atom. The largest absolute Gasteiger partial charge is 0.507 e. The number of hydrogen-bond acceptors (Lipinski definition) is 4. The van der Waals surface area contributed by atoms with Gasteiger partial charge in [-0.15, -0.1) is 0 Å². The zero-order chi connectivity index (χ0) is 22.3. The van der Waals surface area contributed by atoms with Gasteiger partial charge in [0.15, 0.2) is 0 Å². The van der Waals surface area contributed by atoms with Crippen LogP contribution in [0.1, 0.15) is 84.5 Å². The van der Waals surface area contributed by atoms with Crippen molar-refractivity contribution >= 4 is 0 Å². The minimum atomic E-state index is -0.455. The van der Waals surface area contributed by atoms with Gasteiger partial charge in [0, 0.05) is 12.5 Å².